The second kappa shape index (κ2) is 23.8. The monoisotopic (exact) mass is 1150 g/mol. The molecule has 0 spiro atoms. The topological polar surface area (TPSA) is 242 Å². The minimum Gasteiger partial charge on any atom is -0.455 e. The third-order valence-corrected chi connectivity index (χ3v) is 15.1. The van der Waals surface area contributed by atoms with Crippen molar-refractivity contribution < 1.29 is 60.9 Å². The lowest BCUT2D eigenvalue weighted by molar-refractivity contribution is 0.0981. The SMILES string of the molecule is CCC(=O)c1c(-c2ccc(F)cc2)oc2cc(N(C)S(C)(=O)=O)c(-c3ccc(CN)cc3)cc12.CCC(=O)c1c(-c2ccc(F)cc2)oc2cc(N(C)S(C)(=O)=O)c(-c3ccc(CNS(C)(=O)=O)cc3)cc12.CS(=O)(=O)Cl. The van der Waals surface area contributed by atoms with Crippen molar-refractivity contribution in [1.82, 2.24) is 4.72 Å². The van der Waals surface area contributed by atoms with E-state index in [2.05, 4.69) is 15.4 Å². The Morgan fingerprint density at radius 2 is 0.870 bits per heavy atom. The van der Waals surface area contributed by atoms with Crippen LogP contribution in [0.3, 0.4) is 0 Å². The molecule has 16 nitrogen and oxygen atoms in total. The maximum atomic E-state index is 13.6. The average Bonchev–Trinajstić information content (AvgIpc) is 3.94. The summed E-state index contributed by atoms with van der Waals surface area (Å²) in [5.41, 5.74) is 13.2. The molecule has 0 atom stereocenters. The summed E-state index contributed by atoms with van der Waals surface area (Å²) in [6, 6.07) is 32.5. The molecular weight excluding hydrogens is 1100 g/mol. The molecule has 0 saturated carbocycles. The third kappa shape index (κ3) is 14.8. The van der Waals surface area contributed by atoms with Crippen LogP contribution >= 0.6 is 10.7 Å². The molecule has 0 fully saturated rings. The van der Waals surface area contributed by atoms with Crippen molar-refractivity contribution in [3.8, 4) is 44.9 Å². The first kappa shape index (κ1) is 59.5. The van der Waals surface area contributed by atoms with Crippen LogP contribution in [0.15, 0.2) is 130 Å². The van der Waals surface area contributed by atoms with Gasteiger partial charge in [-0.05, 0) is 82.9 Å². The number of sulfonamides is 3. The van der Waals surface area contributed by atoms with Gasteiger partial charge in [0.15, 0.2) is 11.6 Å². The van der Waals surface area contributed by atoms with E-state index in [1.807, 2.05) is 24.3 Å². The summed E-state index contributed by atoms with van der Waals surface area (Å²) in [5.74, 6) is -0.539. The number of hydrogen-bond acceptors (Lipinski definition) is 13. The Kier molecular flexibility index (Phi) is 18.4. The summed E-state index contributed by atoms with van der Waals surface area (Å²) >= 11 is 0. The molecule has 6 aromatic carbocycles. The number of nitrogens with one attached hydrogen (secondary N) is 1. The number of benzene rings is 6. The number of nitrogens with two attached hydrogens (primary N) is 1. The molecule has 0 saturated heterocycles. The number of nitrogens with zero attached hydrogens (tertiary/aromatic N) is 2. The van der Waals surface area contributed by atoms with E-state index in [4.69, 9.17) is 14.6 Å². The molecule has 23 heteroatoms. The number of furan rings is 2. The van der Waals surface area contributed by atoms with Gasteiger partial charge in [0, 0.05) is 95.9 Å². The fraction of sp³-hybridized carbons (Fsp3) is 0.222. The molecule has 2 heterocycles. The van der Waals surface area contributed by atoms with Crippen molar-refractivity contribution in [3.05, 3.63) is 155 Å². The number of anilines is 2. The Balaban J connectivity index is 0.000000230. The van der Waals surface area contributed by atoms with Crippen molar-refractivity contribution in [1.29, 1.82) is 0 Å². The molecule has 0 aliphatic rings. The fourth-order valence-electron chi connectivity index (χ4n) is 7.96. The summed E-state index contributed by atoms with van der Waals surface area (Å²) in [6.45, 7) is 3.97. The normalized spacial score (nSPS) is 11.9. The highest BCUT2D eigenvalue weighted by Gasteiger charge is 2.28. The van der Waals surface area contributed by atoms with Crippen LogP contribution in [-0.2, 0) is 52.2 Å². The Labute approximate surface area is 451 Å². The highest BCUT2D eigenvalue weighted by molar-refractivity contribution is 8.13. The summed E-state index contributed by atoms with van der Waals surface area (Å²) in [5, 5.41) is 1.06. The van der Waals surface area contributed by atoms with E-state index in [0.717, 1.165) is 40.5 Å². The molecular formula is C54H55ClF2N4O12S4. The molecule has 0 aliphatic carbocycles. The van der Waals surface area contributed by atoms with Crippen molar-refractivity contribution in [2.75, 3.05) is 47.7 Å². The standard InChI is InChI=1S/C27H27FN2O6S2.C26H25FN2O4S.CH3ClO2S/c1-5-24(31)26-22-14-21(18-8-6-17(7-9-18)16-29-37(3,32)33)23(30(2)38(4,34)35)15-25(22)36-27(26)19-10-12-20(28)13-11-19;1-4-23(30)25-21-13-20(17-7-5-16(15-28)6-8-17)22(29(2)34(3,31)32)14-24(21)33-26(25)18-9-11-19(27)12-10-18;1-5(2,3)4/h6-15,29H,5,16H2,1-4H3;5-14H,4,15,28H2,1-3H3;1H3. The van der Waals surface area contributed by atoms with Gasteiger partial charge in [-0.25, -0.2) is 47.2 Å². The summed E-state index contributed by atoms with van der Waals surface area (Å²) in [7, 11) is -6.42. The molecule has 0 unspecified atom stereocenters. The van der Waals surface area contributed by atoms with Crippen LogP contribution in [0.5, 0.6) is 0 Å². The Morgan fingerprint density at radius 3 is 1.17 bits per heavy atom. The average molecular weight is 1150 g/mol. The Morgan fingerprint density at radius 1 is 0.545 bits per heavy atom. The summed E-state index contributed by atoms with van der Waals surface area (Å²) in [4.78, 5) is 26.1. The minimum absolute atomic E-state index is 0.103. The lowest BCUT2D eigenvalue weighted by Gasteiger charge is -2.21. The van der Waals surface area contributed by atoms with E-state index in [9.17, 15) is 52.0 Å². The van der Waals surface area contributed by atoms with Crippen LogP contribution in [0.4, 0.5) is 20.2 Å². The van der Waals surface area contributed by atoms with Gasteiger partial charge in [0.25, 0.3) is 0 Å². The van der Waals surface area contributed by atoms with Gasteiger partial charge in [0.05, 0.1) is 47.5 Å². The highest BCUT2D eigenvalue weighted by atomic mass is 35.7. The van der Waals surface area contributed by atoms with E-state index in [1.165, 1.54) is 54.8 Å². The maximum absolute atomic E-state index is 13.6. The molecule has 8 rings (SSSR count). The lowest BCUT2D eigenvalue weighted by atomic mass is 9.96. The van der Waals surface area contributed by atoms with E-state index in [1.54, 1.807) is 74.5 Å². The van der Waals surface area contributed by atoms with Gasteiger partial charge < -0.3 is 14.6 Å². The number of carbonyl (C=O) groups excluding carboxylic acids is 2. The van der Waals surface area contributed by atoms with Crippen molar-refractivity contribution in [2.45, 2.75) is 39.8 Å². The van der Waals surface area contributed by atoms with Crippen LogP contribution in [-0.4, -0.2) is 84.4 Å². The van der Waals surface area contributed by atoms with Gasteiger partial charge in [-0.15, -0.1) is 0 Å². The fourth-order valence-corrected chi connectivity index (χ4v) is 9.40. The summed E-state index contributed by atoms with van der Waals surface area (Å²) in [6.07, 6.45) is 4.65. The highest BCUT2D eigenvalue weighted by Crippen LogP contribution is 2.44. The van der Waals surface area contributed by atoms with Crippen LogP contribution < -0.4 is 19.1 Å². The smallest absolute Gasteiger partial charge is 0.232 e. The van der Waals surface area contributed by atoms with Gasteiger partial charge >= 0.3 is 0 Å². The zero-order valence-electron chi connectivity index (χ0n) is 43.0. The molecule has 0 aliphatic heterocycles. The minimum atomic E-state index is -3.66. The van der Waals surface area contributed by atoms with E-state index in [0.29, 0.717) is 90.1 Å². The van der Waals surface area contributed by atoms with Gasteiger partial charge in [0.2, 0.25) is 39.1 Å². The Bertz CT molecular complexity index is 3960. The van der Waals surface area contributed by atoms with Gasteiger partial charge in [-0.3, -0.25) is 18.2 Å². The predicted octanol–water partition coefficient (Wildman–Crippen LogP) is 10.5. The molecule has 0 amide bonds. The third-order valence-electron chi connectivity index (χ3n) is 12.0. The number of rotatable bonds is 16. The number of halogens is 3. The zero-order chi connectivity index (χ0) is 56.9. The predicted molar refractivity (Wildman–Crippen MR) is 300 cm³/mol. The van der Waals surface area contributed by atoms with Crippen LogP contribution in [0, 0.1) is 11.6 Å². The molecule has 0 radical (unpaired) electrons. The largest absolute Gasteiger partial charge is 0.455 e. The molecule has 0 bridgehead atoms. The number of ketones is 2. The first-order chi connectivity index (χ1) is 35.9. The number of Topliss-reactive ketones (excluding diaryl/α,β-unsaturated/α-hetero) is 2. The number of fused-ring (bicyclic) bond motifs is 2. The van der Waals surface area contributed by atoms with Gasteiger partial charge in [-0.1, -0.05) is 62.4 Å². The van der Waals surface area contributed by atoms with Gasteiger partial charge in [0.1, 0.15) is 34.3 Å². The second-order valence-electron chi connectivity index (χ2n) is 17.7. The molecule has 2 aromatic heterocycles. The van der Waals surface area contributed by atoms with Gasteiger partial charge in [-0.2, -0.15) is 0 Å². The van der Waals surface area contributed by atoms with E-state index in [-0.39, 0.29) is 36.7 Å². The molecule has 77 heavy (non-hydrogen) atoms. The van der Waals surface area contributed by atoms with Crippen molar-refractivity contribution in [2.24, 2.45) is 5.73 Å². The van der Waals surface area contributed by atoms with Crippen LogP contribution in [0.25, 0.3) is 66.8 Å². The van der Waals surface area contributed by atoms with E-state index < -0.39 is 50.8 Å². The molecule has 408 valence electrons. The Hall–Kier alpha value is -6.79. The number of hydrogen-bond donors (Lipinski definition) is 2. The lowest BCUT2D eigenvalue weighted by Crippen LogP contribution is -2.25. The van der Waals surface area contributed by atoms with Crippen molar-refractivity contribution in [3.63, 3.8) is 0 Å². The van der Waals surface area contributed by atoms with Crippen molar-refractivity contribution >= 4 is 94.7 Å². The number of carbonyl (C=O) groups is 2. The maximum Gasteiger partial charge on any atom is 0.232 e. The summed E-state index contributed by atoms with van der Waals surface area (Å²) < 4.78 is 136. The molecule has 3 N–H and O–H groups in total. The van der Waals surface area contributed by atoms with Crippen LogP contribution in [0.1, 0.15) is 58.5 Å². The first-order valence-electron chi connectivity index (χ1n) is 23.3. The zero-order valence-corrected chi connectivity index (χ0v) is 47.0. The second-order valence-corrected chi connectivity index (χ2v) is 26.7. The first-order valence-corrected chi connectivity index (χ1v) is 31.6. The van der Waals surface area contributed by atoms with E-state index >= 15 is 0 Å². The molecule has 8 aromatic rings. The van der Waals surface area contributed by atoms with Crippen LogP contribution in [0.2, 0.25) is 0 Å². The quantitative estimate of drug-likeness (QED) is 0.0677.